The van der Waals surface area contributed by atoms with E-state index >= 15 is 0 Å². The minimum atomic E-state index is -0.315. The van der Waals surface area contributed by atoms with Gasteiger partial charge in [-0.2, -0.15) is 0 Å². The summed E-state index contributed by atoms with van der Waals surface area (Å²) in [6.45, 7) is 5.80. The number of carbonyl (C=O) groups is 1. The van der Waals surface area contributed by atoms with Gasteiger partial charge in [0.2, 0.25) is 5.91 Å². The normalized spacial score (nSPS) is 10.8. The highest BCUT2D eigenvalue weighted by molar-refractivity contribution is 5.92. The lowest BCUT2D eigenvalue weighted by Crippen LogP contribution is -2.28. The van der Waals surface area contributed by atoms with Crippen LogP contribution in [0.4, 0.5) is 10.1 Å². The number of anilines is 1. The summed E-state index contributed by atoms with van der Waals surface area (Å²) in [6.07, 6.45) is 2.21. The number of rotatable bonds is 9. The van der Waals surface area contributed by atoms with Gasteiger partial charge in [0, 0.05) is 12.3 Å². The second kappa shape index (κ2) is 9.44. The van der Waals surface area contributed by atoms with Gasteiger partial charge >= 0.3 is 0 Å². The third-order valence-corrected chi connectivity index (χ3v) is 2.61. The Morgan fingerprint density at radius 1 is 1.25 bits per heavy atom. The monoisotopic (exact) mass is 282 g/mol. The third kappa shape index (κ3) is 7.86. The predicted octanol–water partition coefficient (Wildman–Crippen LogP) is 2.56. The number of carbonyl (C=O) groups excluding carboxylic acids is 1. The summed E-state index contributed by atoms with van der Waals surface area (Å²) >= 11 is 0. The molecule has 0 fully saturated rings. The van der Waals surface area contributed by atoms with Crippen LogP contribution >= 0.6 is 0 Å². The molecule has 0 saturated carbocycles. The number of hydrogen-bond acceptors (Lipinski definition) is 3. The predicted molar refractivity (Wildman–Crippen MR) is 78.2 cm³/mol. The number of unbranched alkanes of at least 4 members (excludes halogenated alkanes) is 1. The molecule has 1 aromatic carbocycles. The zero-order chi connectivity index (χ0) is 14.8. The van der Waals surface area contributed by atoms with Gasteiger partial charge in [-0.1, -0.05) is 0 Å². The quantitative estimate of drug-likeness (QED) is 0.684. The zero-order valence-corrected chi connectivity index (χ0v) is 12.1. The summed E-state index contributed by atoms with van der Waals surface area (Å²) in [5.41, 5.74) is 0.600. The van der Waals surface area contributed by atoms with E-state index in [4.69, 9.17) is 4.74 Å². The van der Waals surface area contributed by atoms with Crippen LogP contribution in [0.5, 0.6) is 0 Å². The van der Waals surface area contributed by atoms with Crippen molar-refractivity contribution in [2.75, 3.05) is 25.0 Å². The van der Waals surface area contributed by atoms with Crippen molar-refractivity contribution >= 4 is 11.6 Å². The summed E-state index contributed by atoms with van der Waals surface area (Å²) in [4.78, 5) is 11.6. The molecule has 0 heterocycles. The molecule has 4 nitrogen and oxygen atoms in total. The molecule has 112 valence electrons. The van der Waals surface area contributed by atoms with E-state index < -0.39 is 0 Å². The Hall–Kier alpha value is -1.46. The number of benzene rings is 1. The Morgan fingerprint density at radius 2 is 1.95 bits per heavy atom. The molecule has 0 atom stereocenters. The van der Waals surface area contributed by atoms with Crippen molar-refractivity contribution in [3.05, 3.63) is 30.1 Å². The molecular formula is C15H23FN2O2. The Balaban J connectivity index is 2.04. The van der Waals surface area contributed by atoms with Crippen molar-refractivity contribution in [1.29, 1.82) is 0 Å². The summed E-state index contributed by atoms with van der Waals surface area (Å²) < 4.78 is 18.1. The van der Waals surface area contributed by atoms with Gasteiger partial charge in [-0.05, 0) is 57.5 Å². The lowest BCUT2D eigenvalue weighted by molar-refractivity contribution is -0.115. The molecule has 0 radical (unpaired) electrons. The van der Waals surface area contributed by atoms with E-state index in [1.165, 1.54) is 24.3 Å². The largest absolute Gasteiger partial charge is 0.379 e. The van der Waals surface area contributed by atoms with Gasteiger partial charge < -0.3 is 15.4 Å². The van der Waals surface area contributed by atoms with E-state index in [0.717, 1.165) is 26.0 Å². The second-order valence-corrected chi connectivity index (χ2v) is 4.86. The minimum absolute atomic E-state index is 0.130. The first-order chi connectivity index (χ1) is 9.58. The Bertz CT molecular complexity index is 393. The van der Waals surface area contributed by atoms with Gasteiger partial charge in [0.15, 0.2) is 0 Å². The van der Waals surface area contributed by atoms with Crippen molar-refractivity contribution in [3.63, 3.8) is 0 Å². The van der Waals surface area contributed by atoms with Gasteiger partial charge in [0.05, 0.1) is 12.6 Å². The maximum Gasteiger partial charge on any atom is 0.238 e. The molecule has 2 N–H and O–H groups in total. The molecule has 0 bridgehead atoms. The van der Waals surface area contributed by atoms with Crippen LogP contribution in [-0.4, -0.2) is 31.7 Å². The van der Waals surface area contributed by atoms with E-state index in [2.05, 4.69) is 10.6 Å². The average molecular weight is 282 g/mol. The second-order valence-electron chi connectivity index (χ2n) is 4.86. The van der Waals surface area contributed by atoms with E-state index in [9.17, 15) is 9.18 Å². The number of amides is 1. The number of hydrogen-bond donors (Lipinski definition) is 2. The van der Waals surface area contributed by atoms with Gasteiger partial charge in [-0.15, -0.1) is 0 Å². The molecule has 0 saturated heterocycles. The molecule has 5 heteroatoms. The molecule has 0 aliphatic heterocycles. The van der Waals surface area contributed by atoms with Crippen LogP contribution in [0, 0.1) is 5.82 Å². The zero-order valence-electron chi connectivity index (χ0n) is 12.1. The molecule has 1 amide bonds. The van der Waals surface area contributed by atoms with Crippen LogP contribution in [0.2, 0.25) is 0 Å². The maximum absolute atomic E-state index is 12.7. The average Bonchev–Trinajstić information content (AvgIpc) is 2.40. The Labute approximate surface area is 119 Å². The highest BCUT2D eigenvalue weighted by atomic mass is 19.1. The number of ether oxygens (including phenoxy) is 1. The highest BCUT2D eigenvalue weighted by Crippen LogP contribution is 2.07. The molecule has 0 aliphatic carbocycles. The van der Waals surface area contributed by atoms with Crippen LogP contribution in [0.25, 0.3) is 0 Å². The minimum Gasteiger partial charge on any atom is -0.379 e. The molecule has 1 rings (SSSR count). The van der Waals surface area contributed by atoms with E-state index in [1.54, 1.807) is 0 Å². The van der Waals surface area contributed by atoms with Gasteiger partial charge in [0.1, 0.15) is 5.82 Å². The fourth-order valence-corrected chi connectivity index (χ4v) is 1.61. The summed E-state index contributed by atoms with van der Waals surface area (Å²) in [5, 5.41) is 5.76. The number of halogens is 1. The molecule has 0 aromatic heterocycles. The molecular weight excluding hydrogens is 259 g/mol. The fourth-order valence-electron chi connectivity index (χ4n) is 1.61. The highest BCUT2D eigenvalue weighted by Gasteiger charge is 2.01. The smallest absolute Gasteiger partial charge is 0.238 e. The SMILES string of the molecule is CC(C)OCCCCNCC(=O)Nc1ccc(F)cc1. The van der Waals surface area contributed by atoms with Crippen molar-refractivity contribution < 1.29 is 13.9 Å². The molecule has 0 aliphatic rings. The Kier molecular flexibility index (Phi) is 7.84. The summed E-state index contributed by atoms with van der Waals surface area (Å²) in [7, 11) is 0. The summed E-state index contributed by atoms with van der Waals surface area (Å²) in [6, 6.07) is 5.71. The first-order valence-corrected chi connectivity index (χ1v) is 6.95. The van der Waals surface area contributed by atoms with Crippen LogP contribution in [-0.2, 0) is 9.53 Å². The Morgan fingerprint density at radius 3 is 2.60 bits per heavy atom. The fraction of sp³-hybridized carbons (Fsp3) is 0.533. The van der Waals surface area contributed by atoms with Gasteiger partial charge in [0.25, 0.3) is 0 Å². The third-order valence-electron chi connectivity index (χ3n) is 2.61. The van der Waals surface area contributed by atoms with Gasteiger partial charge in [-0.3, -0.25) is 4.79 Å². The van der Waals surface area contributed by atoms with E-state index in [-0.39, 0.29) is 24.4 Å². The van der Waals surface area contributed by atoms with Crippen LogP contribution in [0.15, 0.2) is 24.3 Å². The van der Waals surface area contributed by atoms with Crippen LogP contribution in [0.1, 0.15) is 26.7 Å². The molecule has 1 aromatic rings. The molecule has 0 spiro atoms. The summed E-state index contributed by atoms with van der Waals surface area (Å²) in [5.74, 6) is -0.445. The van der Waals surface area contributed by atoms with E-state index in [1.807, 2.05) is 13.8 Å². The molecule has 0 unspecified atom stereocenters. The van der Waals surface area contributed by atoms with Crippen molar-refractivity contribution in [2.45, 2.75) is 32.8 Å². The van der Waals surface area contributed by atoms with Gasteiger partial charge in [-0.25, -0.2) is 4.39 Å². The van der Waals surface area contributed by atoms with Crippen molar-refractivity contribution in [3.8, 4) is 0 Å². The van der Waals surface area contributed by atoms with E-state index in [0.29, 0.717) is 5.69 Å². The first kappa shape index (κ1) is 16.6. The van der Waals surface area contributed by atoms with Crippen molar-refractivity contribution in [1.82, 2.24) is 5.32 Å². The first-order valence-electron chi connectivity index (χ1n) is 6.95. The van der Waals surface area contributed by atoms with Crippen molar-refractivity contribution in [2.24, 2.45) is 0 Å². The van der Waals surface area contributed by atoms with Crippen LogP contribution in [0.3, 0.4) is 0 Å². The standard InChI is InChI=1S/C15H23FN2O2/c1-12(2)20-10-4-3-9-17-11-15(19)18-14-7-5-13(16)6-8-14/h5-8,12,17H,3-4,9-11H2,1-2H3,(H,18,19). The number of nitrogens with one attached hydrogen (secondary N) is 2. The lowest BCUT2D eigenvalue weighted by atomic mass is 10.3. The maximum atomic E-state index is 12.7. The topological polar surface area (TPSA) is 50.4 Å². The van der Waals surface area contributed by atoms with Crippen LogP contribution < -0.4 is 10.6 Å². The lowest BCUT2D eigenvalue weighted by Gasteiger charge is -2.08. The molecule has 20 heavy (non-hydrogen) atoms.